The highest BCUT2D eigenvalue weighted by atomic mass is 16.1. The average molecular weight is 337 g/mol. The van der Waals surface area contributed by atoms with E-state index in [4.69, 9.17) is 0 Å². The van der Waals surface area contributed by atoms with Crippen molar-refractivity contribution in [3.05, 3.63) is 65.2 Å². The third kappa shape index (κ3) is 4.60. The monoisotopic (exact) mass is 337 g/mol. The molecule has 0 aliphatic carbocycles. The van der Waals surface area contributed by atoms with Gasteiger partial charge >= 0.3 is 0 Å². The minimum Gasteiger partial charge on any atom is -0.369 e. The minimum absolute atomic E-state index is 0.0245. The van der Waals surface area contributed by atoms with Gasteiger partial charge in [0.05, 0.1) is 0 Å². The van der Waals surface area contributed by atoms with Crippen LogP contribution in [0.4, 0.5) is 5.69 Å². The molecule has 2 aromatic carbocycles. The summed E-state index contributed by atoms with van der Waals surface area (Å²) in [7, 11) is 0. The highest BCUT2D eigenvalue weighted by Gasteiger charge is 2.17. The third-order valence-electron chi connectivity index (χ3n) is 4.84. The van der Waals surface area contributed by atoms with Crippen LogP contribution in [0.25, 0.3) is 0 Å². The van der Waals surface area contributed by atoms with E-state index in [-0.39, 0.29) is 5.91 Å². The predicted molar refractivity (Wildman–Crippen MR) is 103 cm³/mol. The number of hydrogen-bond donors (Lipinski definition) is 1. The van der Waals surface area contributed by atoms with Crippen molar-refractivity contribution in [2.75, 3.05) is 44.2 Å². The van der Waals surface area contributed by atoms with E-state index in [9.17, 15) is 4.79 Å². The Kier molecular flexibility index (Phi) is 5.71. The molecule has 4 heteroatoms. The summed E-state index contributed by atoms with van der Waals surface area (Å²) in [4.78, 5) is 17.1. The molecule has 4 nitrogen and oxygen atoms in total. The van der Waals surface area contributed by atoms with Crippen LogP contribution in [0.1, 0.15) is 21.5 Å². The van der Waals surface area contributed by atoms with Gasteiger partial charge in [0, 0.05) is 50.5 Å². The van der Waals surface area contributed by atoms with Gasteiger partial charge in [0.15, 0.2) is 0 Å². The van der Waals surface area contributed by atoms with E-state index in [0.717, 1.165) is 43.9 Å². The first-order chi connectivity index (χ1) is 12.1. The van der Waals surface area contributed by atoms with Crippen LogP contribution >= 0.6 is 0 Å². The summed E-state index contributed by atoms with van der Waals surface area (Å²) in [5.74, 6) is 0.0245. The van der Waals surface area contributed by atoms with Gasteiger partial charge in [0.1, 0.15) is 0 Å². The molecule has 1 amide bonds. The fourth-order valence-electron chi connectivity index (χ4n) is 3.30. The molecule has 1 aliphatic heterocycles. The maximum Gasteiger partial charge on any atom is 0.251 e. The van der Waals surface area contributed by atoms with Gasteiger partial charge in [-0.1, -0.05) is 30.3 Å². The number of carbonyl (C=O) groups is 1. The Bertz CT molecular complexity index is 721. The predicted octanol–water partition coefficient (Wildman–Crippen LogP) is 2.86. The molecule has 0 radical (unpaired) electrons. The van der Waals surface area contributed by atoms with Gasteiger partial charge in [-0.05, 0) is 43.2 Å². The van der Waals surface area contributed by atoms with Gasteiger partial charge in [0.25, 0.3) is 5.91 Å². The average Bonchev–Trinajstić information content (AvgIpc) is 2.62. The molecule has 1 N–H and O–H groups in total. The van der Waals surface area contributed by atoms with Crippen LogP contribution in [0.15, 0.2) is 48.5 Å². The number of rotatable bonds is 5. The standard InChI is InChI=1S/C21H27N3O/c1-17-6-5-8-19(16-17)24-14-12-23(13-15-24)11-10-22-21(25)20-9-4-3-7-18(20)2/h3-9,16H,10-15H2,1-2H3,(H,22,25). The van der Waals surface area contributed by atoms with Crippen LogP contribution in [-0.4, -0.2) is 50.1 Å². The van der Waals surface area contributed by atoms with Gasteiger partial charge in [-0.15, -0.1) is 0 Å². The lowest BCUT2D eigenvalue weighted by Crippen LogP contribution is -2.48. The molecule has 1 heterocycles. The molecule has 132 valence electrons. The van der Waals surface area contributed by atoms with Crippen molar-refractivity contribution in [2.24, 2.45) is 0 Å². The van der Waals surface area contributed by atoms with Crippen molar-refractivity contribution in [2.45, 2.75) is 13.8 Å². The van der Waals surface area contributed by atoms with E-state index in [2.05, 4.69) is 46.3 Å². The van der Waals surface area contributed by atoms with Crippen LogP contribution in [-0.2, 0) is 0 Å². The molecule has 0 spiro atoms. The maximum absolute atomic E-state index is 12.2. The number of piperazine rings is 1. The molecule has 1 fully saturated rings. The zero-order valence-electron chi connectivity index (χ0n) is 15.2. The number of anilines is 1. The normalized spacial score (nSPS) is 15.2. The quantitative estimate of drug-likeness (QED) is 0.911. The van der Waals surface area contributed by atoms with Crippen molar-refractivity contribution in [1.29, 1.82) is 0 Å². The van der Waals surface area contributed by atoms with Crippen LogP contribution in [0.2, 0.25) is 0 Å². The van der Waals surface area contributed by atoms with Gasteiger partial charge < -0.3 is 10.2 Å². The van der Waals surface area contributed by atoms with Crippen molar-refractivity contribution in [3.63, 3.8) is 0 Å². The number of benzene rings is 2. The first-order valence-corrected chi connectivity index (χ1v) is 9.01. The minimum atomic E-state index is 0.0245. The Morgan fingerprint density at radius 3 is 2.48 bits per heavy atom. The molecule has 0 saturated carbocycles. The number of amides is 1. The summed E-state index contributed by atoms with van der Waals surface area (Å²) >= 11 is 0. The lowest BCUT2D eigenvalue weighted by Gasteiger charge is -2.36. The van der Waals surface area contributed by atoms with Crippen LogP contribution in [0.5, 0.6) is 0 Å². The number of carbonyl (C=O) groups excluding carboxylic acids is 1. The molecule has 1 saturated heterocycles. The van der Waals surface area contributed by atoms with E-state index >= 15 is 0 Å². The van der Waals surface area contributed by atoms with Crippen LogP contribution in [0, 0.1) is 13.8 Å². The van der Waals surface area contributed by atoms with Crippen molar-refractivity contribution >= 4 is 11.6 Å². The Morgan fingerprint density at radius 1 is 1.00 bits per heavy atom. The molecular weight excluding hydrogens is 310 g/mol. The second-order valence-electron chi connectivity index (χ2n) is 6.74. The zero-order valence-corrected chi connectivity index (χ0v) is 15.2. The van der Waals surface area contributed by atoms with Crippen LogP contribution in [0.3, 0.4) is 0 Å². The van der Waals surface area contributed by atoms with Gasteiger partial charge in [-0.25, -0.2) is 0 Å². The third-order valence-corrected chi connectivity index (χ3v) is 4.84. The summed E-state index contributed by atoms with van der Waals surface area (Å²) in [6, 6.07) is 16.4. The molecule has 0 unspecified atom stereocenters. The molecule has 0 atom stereocenters. The maximum atomic E-state index is 12.2. The lowest BCUT2D eigenvalue weighted by atomic mass is 10.1. The summed E-state index contributed by atoms with van der Waals surface area (Å²) in [6.07, 6.45) is 0. The highest BCUT2D eigenvalue weighted by molar-refractivity contribution is 5.95. The van der Waals surface area contributed by atoms with E-state index in [0.29, 0.717) is 6.54 Å². The molecule has 0 aromatic heterocycles. The second-order valence-corrected chi connectivity index (χ2v) is 6.74. The molecule has 3 rings (SSSR count). The fraction of sp³-hybridized carbons (Fsp3) is 0.381. The Balaban J connectivity index is 1.42. The lowest BCUT2D eigenvalue weighted by molar-refractivity contribution is 0.0947. The van der Waals surface area contributed by atoms with Crippen LogP contribution < -0.4 is 10.2 Å². The molecular formula is C21H27N3O. The second kappa shape index (κ2) is 8.17. The van der Waals surface area contributed by atoms with E-state index in [1.165, 1.54) is 11.3 Å². The largest absolute Gasteiger partial charge is 0.369 e. The first kappa shape index (κ1) is 17.5. The fourth-order valence-corrected chi connectivity index (χ4v) is 3.30. The summed E-state index contributed by atoms with van der Waals surface area (Å²) in [5.41, 5.74) is 4.41. The zero-order chi connectivity index (χ0) is 17.6. The van der Waals surface area contributed by atoms with Crippen molar-refractivity contribution in [1.82, 2.24) is 10.2 Å². The Labute approximate surface area is 150 Å². The molecule has 2 aromatic rings. The number of nitrogens with zero attached hydrogens (tertiary/aromatic N) is 2. The van der Waals surface area contributed by atoms with Gasteiger partial charge in [-0.3, -0.25) is 9.69 Å². The van der Waals surface area contributed by atoms with E-state index in [1.54, 1.807) is 0 Å². The summed E-state index contributed by atoms with van der Waals surface area (Å²) < 4.78 is 0. The number of nitrogens with one attached hydrogen (secondary N) is 1. The van der Waals surface area contributed by atoms with Crippen molar-refractivity contribution < 1.29 is 4.79 Å². The Morgan fingerprint density at radius 2 is 1.76 bits per heavy atom. The molecule has 25 heavy (non-hydrogen) atoms. The van der Waals surface area contributed by atoms with E-state index < -0.39 is 0 Å². The Hall–Kier alpha value is -2.33. The van der Waals surface area contributed by atoms with Gasteiger partial charge in [-0.2, -0.15) is 0 Å². The number of hydrogen-bond acceptors (Lipinski definition) is 3. The summed E-state index contributed by atoms with van der Waals surface area (Å²) in [5, 5.41) is 3.04. The van der Waals surface area contributed by atoms with Gasteiger partial charge in [0.2, 0.25) is 0 Å². The van der Waals surface area contributed by atoms with Crippen molar-refractivity contribution in [3.8, 4) is 0 Å². The smallest absolute Gasteiger partial charge is 0.251 e. The molecule has 0 bridgehead atoms. The highest BCUT2D eigenvalue weighted by Crippen LogP contribution is 2.17. The topological polar surface area (TPSA) is 35.6 Å². The van der Waals surface area contributed by atoms with E-state index in [1.807, 2.05) is 31.2 Å². The summed E-state index contributed by atoms with van der Waals surface area (Å²) in [6.45, 7) is 9.85. The first-order valence-electron chi connectivity index (χ1n) is 9.01. The SMILES string of the molecule is Cc1cccc(N2CCN(CCNC(=O)c3ccccc3C)CC2)c1. The number of aryl methyl sites for hydroxylation is 2. The molecule has 1 aliphatic rings.